The Balaban J connectivity index is 1.74. The van der Waals surface area contributed by atoms with E-state index >= 15 is 0 Å². The van der Waals surface area contributed by atoms with E-state index in [-0.39, 0.29) is 0 Å². The summed E-state index contributed by atoms with van der Waals surface area (Å²) in [4.78, 5) is 7.89. The zero-order valence-corrected chi connectivity index (χ0v) is 12.9. The summed E-state index contributed by atoms with van der Waals surface area (Å²) in [6.07, 6.45) is 4.58. The molecule has 1 fully saturated rings. The first-order valence-corrected chi connectivity index (χ1v) is 8.12. The summed E-state index contributed by atoms with van der Waals surface area (Å²) in [6.45, 7) is 6.76. The average molecular weight is 287 g/mol. The van der Waals surface area contributed by atoms with Gasteiger partial charge in [0.25, 0.3) is 0 Å². The highest BCUT2D eigenvalue weighted by atomic mass is 32.1. The number of aryl methyl sites for hydroxylation is 1. The van der Waals surface area contributed by atoms with E-state index < -0.39 is 0 Å². The number of benzene rings is 1. The van der Waals surface area contributed by atoms with Crippen molar-refractivity contribution in [3.05, 3.63) is 40.3 Å². The number of rotatable bonds is 4. The lowest BCUT2D eigenvalue weighted by Crippen LogP contribution is -2.17. The number of nitrogens with one attached hydrogen (secondary N) is 1. The van der Waals surface area contributed by atoms with Gasteiger partial charge in [0.2, 0.25) is 0 Å². The van der Waals surface area contributed by atoms with Crippen LogP contribution in [-0.4, -0.2) is 18.1 Å². The monoisotopic (exact) mass is 287 g/mol. The van der Waals surface area contributed by atoms with Crippen molar-refractivity contribution in [1.82, 2.24) is 4.98 Å². The highest BCUT2D eigenvalue weighted by Crippen LogP contribution is 2.28. The minimum Gasteiger partial charge on any atom is -0.377 e. The molecule has 1 aliphatic rings. The van der Waals surface area contributed by atoms with Crippen LogP contribution in [0, 0.1) is 6.92 Å². The summed E-state index contributed by atoms with van der Waals surface area (Å²) in [7, 11) is 0. The average Bonchev–Trinajstić information content (AvgIpc) is 3.14. The van der Waals surface area contributed by atoms with Crippen LogP contribution in [0.5, 0.6) is 0 Å². The first-order valence-electron chi connectivity index (χ1n) is 7.24. The standard InChI is InChI=1S/C16H21N3S/c1-12-9-14(19-7-3-4-8-19)5-6-15(12)18-13(2)16-10-17-11-20-16/h5-6,9-11,13,18H,3-4,7-8H2,1-2H3. The molecule has 1 aromatic heterocycles. The molecule has 1 aliphatic heterocycles. The Morgan fingerprint density at radius 1 is 1.30 bits per heavy atom. The minimum absolute atomic E-state index is 0.304. The van der Waals surface area contributed by atoms with Crippen molar-refractivity contribution in [3.63, 3.8) is 0 Å². The van der Waals surface area contributed by atoms with Crippen LogP contribution in [-0.2, 0) is 0 Å². The maximum Gasteiger partial charge on any atom is 0.0795 e. The van der Waals surface area contributed by atoms with Crippen LogP contribution in [0.4, 0.5) is 11.4 Å². The lowest BCUT2D eigenvalue weighted by molar-refractivity contribution is 0.900. The van der Waals surface area contributed by atoms with E-state index in [1.165, 1.54) is 47.7 Å². The van der Waals surface area contributed by atoms with Gasteiger partial charge in [-0.2, -0.15) is 0 Å². The number of anilines is 2. The highest BCUT2D eigenvalue weighted by molar-refractivity contribution is 7.09. The molecule has 1 N–H and O–H groups in total. The summed E-state index contributed by atoms with van der Waals surface area (Å²) < 4.78 is 0. The number of nitrogens with zero attached hydrogens (tertiary/aromatic N) is 2. The van der Waals surface area contributed by atoms with Crippen molar-refractivity contribution in [3.8, 4) is 0 Å². The highest BCUT2D eigenvalue weighted by Gasteiger charge is 2.14. The van der Waals surface area contributed by atoms with Gasteiger partial charge in [-0.25, -0.2) is 0 Å². The van der Waals surface area contributed by atoms with Crippen LogP contribution in [0.3, 0.4) is 0 Å². The quantitative estimate of drug-likeness (QED) is 0.912. The summed E-state index contributed by atoms with van der Waals surface area (Å²) in [5.74, 6) is 0. The summed E-state index contributed by atoms with van der Waals surface area (Å²) in [5, 5.41) is 3.58. The molecule has 0 spiro atoms. The smallest absolute Gasteiger partial charge is 0.0795 e. The third-order valence-electron chi connectivity index (χ3n) is 3.93. The van der Waals surface area contributed by atoms with Crippen LogP contribution < -0.4 is 10.2 Å². The third kappa shape index (κ3) is 2.80. The Morgan fingerprint density at radius 3 is 2.75 bits per heavy atom. The molecule has 3 rings (SSSR count). The van der Waals surface area contributed by atoms with E-state index in [9.17, 15) is 0 Å². The van der Waals surface area contributed by atoms with Crippen molar-refractivity contribution < 1.29 is 0 Å². The maximum absolute atomic E-state index is 4.15. The van der Waals surface area contributed by atoms with Gasteiger partial charge in [0.1, 0.15) is 0 Å². The van der Waals surface area contributed by atoms with Gasteiger partial charge in [-0.15, -0.1) is 11.3 Å². The van der Waals surface area contributed by atoms with E-state index in [4.69, 9.17) is 0 Å². The zero-order chi connectivity index (χ0) is 13.9. The molecule has 1 unspecified atom stereocenters. The van der Waals surface area contributed by atoms with Crippen molar-refractivity contribution in [1.29, 1.82) is 0 Å². The molecule has 0 radical (unpaired) electrons. The second-order valence-electron chi connectivity index (χ2n) is 5.46. The zero-order valence-electron chi connectivity index (χ0n) is 12.1. The summed E-state index contributed by atoms with van der Waals surface area (Å²) in [5.41, 5.74) is 5.77. The molecule has 2 heterocycles. The second-order valence-corrected chi connectivity index (χ2v) is 6.38. The molecule has 20 heavy (non-hydrogen) atoms. The predicted molar refractivity (Wildman–Crippen MR) is 86.8 cm³/mol. The molecule has 0 amide bonds. The van der Waals surface area contributed by atoms with Gasteiger partial charge >= 0.3 is 0 Å². The van der Waals surface area contributed by atoms with Gasteiger partial charge in [-0.1, -0.05) is 0 Å². The van der Waals surface area contributed by atoms with Gasteiger partial charge in [-0.05, 0) is 50.5 Å². The van der Waals surface area contributed by atoms with E-state index in [1.54, 1.807) is 11.3 Å². The summed E-state index contributed by atoms with van der Waals surface area (Å²) in [6, 6.07) is 7.05. The maximum atomic E-state index is 4.15. The first-order chi connectivity index (χ1) is 9.74. The Labute approximate surface area is 124 Å². The Morgan fingerprint density at radius 2 is 2.10 bits per heavy atom. The fourth-order valence-electron chi connectivity index (χ4n) is 2.73. The number of aromatic nitrogens is 1. The van der Waals surface area contributed by atoms with E-state index in [0.29, 0.717) is 6.04 Å². The lowest BCUT2D eigenvalue weighted by atomic mass is 10.1. The first kappa shape index (κ1) is 13.4. The SMILES string of the molecule is Cc1cc(N2CCCC2)ccc1NC(C)c1cncs1. The number of hydrogen-bond donors (Lipinski definition) is 1. The van der Waals surface area contributed by atoms with Gasteiger partial charge < -0.3 is 10.2 Å². The molecule has 0 aliphatic carbocycles. The molecule has 1 saturated heterocycles. The number of hydrogen-bond acceptors (Lipinski definition) is 4. The molecule has 106 valence electrons. The molecule has 0 bridgehead atoms. The minimum atomic E-state index is 0.304. The fraction of sp³-hybridized carbons (Fsp3) is 0.438. The molecule has 2 aromatic rings. The van der Waals surface area contributed by atoms with Crippen LogP contribution in [0.1, 0.15) is 36.2 Å². The topological polar surface area (TPSA) is 28.2 Å². The fourth-order valence-corrected chi connectivity index (χ4v) is 3.35. The molecule has 1 atom stereocenters. The molecule has 4 heteroatoms. The van der Waals surface area contributed by atoms with Crippen LogP contribution in [0.2, 0.25) is 0 Å². The Hall–Kier alpha value is -1.55. The molecule has 3 nitrogen and oxygen atoms in total. The number of thiazole rings is 1. The Bertz CT molecular complexity index is 559. The van der Waals surface area contributed by atoms with Crippen LogP contribution >= 0.6 is 11.3 Å². The van der Waals surface area contributed by atoms with Gasteiger partial charge in [-0.3, -0.25) is 4.98 Å². The second kappa shape index (κ2) is 5.83. The third-order valence-corrected chi connectivity index (χ3v) is 4.89. The summed E-state index contributed by atoms with van der Waals surface area (Å²) >= 11 is 1.70. The molecular formula is C16H21N3S. The van der Waals surface area contributed by atoms with Crippen molar-refractivity contribution >= 4 is 22.7 Å². The van der Waals surface area contributed by atoms with Gasteiger partial charge in [0.15, 0.2) is 0 Å². The van der Waals surface area contributed by atoms with Crippen LogP contribution in [0.25, 0.3) is 0 Å². The predicted octanol–water partition coefficient (Wildman–Crippen LogP) is 4.22. The Kier molecular flexibility index (Phi) is 3.92. The van der Waals surface area contributed by atoms with Crippen LogP contribution in [0.15, 0.2) is 29.9 Å². The van der Waals surface area contributed by atoms with Crippen molar-refractivity contribution in [2.24, 2.45) is 0 Å². The van der Waals surface area contributed by atoms with Crippen molar-refractivity contribution in [2.75, 3.05) is 23.3 Å². The largest absolute Gasteiger partial charge is 0.377 e. The van der Waals surface area contributed by atoms with Gasteiger partial charge in [0.05, 0.1) is 11.6 Å². The van der Waals surface area contributed by atoms with E-state index in [2.05, 4.69) is 47.2 Å². The van der Waals surface area contributed by atoms with Gasteiger partial charge in [0, 0.05) is 35.5 Å². The molecule has 1 aromatic carbocycles. The van der Waals surface area contributed by atoms with E-state index in [1.807, 2.05) is 11.7 Å². The van der Waals surface area contributed by atoms with Crippen molar-refractivity contribution in [2.45, 2.75) is 32.7 Å². The van der Waals surface area contributed by atoms with E-state index in [0.717, 1.165) is 0 Å². The molecule has 0 saturated carbocycles. The normalized spacial score (nSPS) is 16.4. The lowest BCUT2D eigenvalue weighted by Gasteiger charge is -2.21. The molecular weight excluding hydrogens is 266 g/mol.